The Hall–Kier alpha value is -2.36. The van der Waals surface area contributed by atoms with Gasteiger partial charge in [0.25, 0.3) is 0 Å². The molecule has 0 saturated heterocycles. The molecule has 2 N–H and O–H groups in total. The maximum absolute atomic E-state index is 12.3. The summed E-state index contributed by atoms with van der Waals surface area (Å²) < 4.78 is 0. The zero-order valence-electron chi connectivity index (χ0n) is 14.3. The fourth-order valence-electron chi connectivity index (χ4n) is 3.37. The third kappa shape index (κ3) is 3.01. The van der Waals surface area contributed by atoms with E-state index in [1.165, 1.54) is 10.9 Å². The second-order valence-corrected chi connectivity index (χ2v) is 7.58. The molecule has 0 heterocycles. The van der Waals surface area contributed by atoms with E-state index >= 15 is 0 Å². The van der Waals surface area contributed by atoms with Gasteiger partial charge in [-0.25, -0.2) is 4.79 Å². The summed E-state index contributed by atoms with van der Waals surface area (Å²) in [6.07, 6.45) is 1.59. The van der Waals surface area contributed by atoms with Gasteiger partial charge in [0.15, 0.2) is 0 Å². The molecule has 4 nitrogen and oxygen atoms in total. The summed E-state index contributed by atoms with van der Waals surface area (Å²) in [5, 5.41) is 14.7. The maximum atomic E-state index is 12.3. The Labute approximate surface area is 141 Å². The number of aliphatic carboxylic acids is 1. The summed E-state index contributed by atoms with van der Waals surface area (Å²) in [5.74, 6) is -1.39. The van der Waals surface area contributed by atoms with Crippen LogP contribution < -0.4 is 5.32 Å². The van der Waals surface area contributed by atoms with Gasteiger partial charge in [-0.1, -0.05) is 57.2 Å². The molecule has 0 radical (unpaired) electrons. The zero-order chi connectivity index (χ0) is 17.5. The van der Waals surface area contributed by atoms with Crippen molar-refractivity contribution in [1.29, 1.82) is 0 Å². The highest BCUT2D eigenvalue weighted by molar-refractivity contribution is 5.88. The summed E-state index contributed by atoms with van der Waals surface area (Å²) in [6, 6.07) is 11.4. The van der Waals surface area contributed by atoms with Crippen molar-refractivity contribution in [3.8, 4) is 0 Å². The van der Waals surface area contributed by atoms with Gasteiger partial charge < -0.3 is 10.4 Å². The van der Waals surface area contributed by atoms with Gasteiger partial charge in [0.1, 0.15) is 6.04 Å². The maximum Gasteiger partial charge on any atom is 0.326 e. The fraction of sp³-hybridized carbons (Fsp3) is 0.400. The van der Waals surface area contributed by atoms with Crippen molar-refractivity contribution in [1.82, 2.24) is 5.32 Å². The van der Waals surface area contributed by atoms with Crippen molar-refractivity contribution in [2.75, 3.05) is 0 Å². The second-order valence-electron chi connectivity index (χ2n) is 7.58. The van der Waals surface area contributed by atoms with Crippen molar-refractivity contribution >= 4 is 22.6 Å². The van der Waals surface area contributed by atoms with Crippen LogP contribution in [0.4, 0.5) is 0 Å². The lowest BCUT2D eigenvalue weighted by molar-refractivity contribution is -0.144. The van der Waals surface area contributed by atoms with Crippen LogP contribution in [-0.4, -0.2) is 23.0 Å². The number of carboxylic acid groups (broad SMARTS) is 1. The monoisotopic (exact) mass is 325 g/mol. The van der Waals surface area contributed by atoms with Crippen LogP contribution in [0, 0.1) is 5.41 Å². The molecular formula is C20H23NO3. The average Bonchev–Trinajstić information content (AvgIpc) is 2.91. The SMILES string of the molecule is CC(C)(C)C(=O)N[C@H](C(=O)O)[C@H]1CCc2cc3ccccc3cc21. The van der Waals surface area contributed by atoms with Crippen LogP contribution in [-0.2, 0) is 16.0 Å². The molecule has 1 amide bonds. The van der Waals surface area contributed by atoms with Gasteiger partial charge in [-0.3, -0.25) is 4.79 Å². The Morgan fingerprint density at radius 2 is 1.79 bits per heavy atom. The Morgan fingerprint density at radius 1 is 1.17 bits per heavy atom. The van der Waals surface area contributed by atoms with E-state index in [0.29, 0.717) is 0 Å². The van der Waals surface area contributed by atoms with Crippen LogP contribution in [0.15, 0.2) is 36.4 Å². The quantitative estimate of drug-likeness (QED) is 0.908. The van der Waals surface area contributed by atoms with E-state index in [9.17, 15) is 14.7 Å². The molecule has 0 fully saturated rings. The minimum absolute atomic E-state index is 0.187. The van der Waals surface area contributed by atoms with Crippen molar-refractivity contribution in [3.05, 3.63) is 47.5 Å². The molecule has 2 aromatic carbocycles. The molecule has 2 atom stereocenters. The predicted octanol–water partition coefficient (Wildman–Crippen LogP) is 3.49. The highest BCUT2D eigenvalue weighted by Crippen LogP contribution is 2.38. The molecule has 0 aliphatic heterocycles. The van der Waals surface area contributed by atoms with Gasteiger partial charge in [0.05, 0.1) is 0 Å². The smallest absolute Gasteiger partial charge is 0.326 e. The summed E-state index contributed by atoms with van der Waals surface area (Å²) >= 11 is 0. The number of fused-ring (bicyclic) bond motifs is 2. The third-order valence-electron chi connectivity index (χ3n) is 4.77. The first-order valence-electron chi connectivity index (χ1n) is 8.33. The molecule has 0 spiro atoms. The molecule has 0 unspecified atom stereocenters. The number of amides is 1. The number of aryl methyl sites for hydroxylation is 1. The van der Waals surface area contributed by atoms with E-state index < -0.39 is 17.4 Å². The van der Waals surface area contributed by atoms with E-state index in [2.05, 4.69) is 23.5 Å². The van der Waals surface area contributed by atoms with Crippen molar-refractivity contribution in [3.63, 3.8) is 0 Å². The first kappa shape index (κ1) is 16.5. The van der Waals surface area contributed by atoms with Gasteiger partial charge in [-0.15, -0.1) is 0 Å². The predicted molar refractivity (Wildman–Crippen MR) is 94.0 cm³/mol. The molecule has 126 valence electrons. The summed E-state index contributed by atoms with van der Waals surface area (Å²) in [5.41, 5.74) is 1.63. The number of hydrogen-bond donors (Lipinski definition) is 2. The average molecular weight is 325 g/mol. The van der Waals surface area contributed by atoms with Crippen LogP contribution in [0.3, 0.4) is 0 Å². The molecule has 2 aromatic rings. The second kappa shape index (κ2) is 5.93. The van der Waals surface area contributed by atoms with Gasteiger partial charge in [-0.2, -0.15) is 0 Å². The number of nitrogens with one attached hydrogen (secondary N) is 1. The largest absolute Gasteiger partial charge is 0.480 e. The van der Waals surface area contributed by atoms with Crippen LogP contribution >= 0.6 is 0 Å². The lowest BCUT2D eigenvalue weighted by Crippen LogP contribution is -2.48. The van der Waals surface area contributed by atoms with Crippen molar-refractivity contribution in [2.45, 2.75) is 45.6 Å². The van der Waals surface area contributed by atoms with Crippen LogP contribution in [0.2, 0.25) is 0 Å². The lowest BCUT2D eigenvalue weighted by atomic mass is 9.89. The standard InChI is InChI=1S/C20H23NO3/c1-20(2,3)19(24)21-17(18(22)23)15-9-8-14-10-12-6-4-5-7-13(12)11-16(14)15/h4-7,10-11,15,17H,8-9H2,1-3H3,(H,21,24)(H,22,23)/t15-,17-/m0/s1. The van der Waals surface area contributed by atoms with E-state index in [1.807, 2.05) is 18.2 Å². The minimum Gasteiger partial charge on any atom is -0.480 e. The number of carboxylic acids is 1. The normalized spacial score (nSPS) is 18.2. The Balaban J connectivity index is 1.96. The van der Waals surface area contributed by atoms with E-state index in [-0.39, 0.29) is 11.8 Å². The topological polar surface area (TPSA) is 66.4 Å². The first-order valence-corrected chi connectivity index (χ1v) is 8.33. The molecule has 1 aliphatic carbocycles. The molecule has 0 aromatic heterocycles. The molecule has 1 aliphatic rings. The number of carbonyl (C=O) groups excluding carboxylic acids is 1. The van der Waals surface area contributed by atoms with Crippen LogP contribution in [0.5, 0.6) is 0 Å². The highest BCUT2D eigenvalue weighted by atomic mass is 16.4. The van der Waals surface area contributed by atoms with Crippen LogP contribution in [0.25, 0.3) is 10.8 Å². The summed E-state index contributed by atoms with van der Waals surface area (Å²) in [6.45, 7) is 5.37. The van der Waals surface area contributed by atoms with Crippen molar-refractivity contribution < 1.29 is 14.7 Å². The van der Waals surface area contributed by atoms with Crippen LogP contribution in [0.1, 0.15) is 44.2 Å². The van der Waals surface area contributed by atoms with Crippen molar-refractivity contribution in [2.24, 2.45) is 5.41 Å². The Morgan fingerprint density at radius 3 is 2.38 bits per heavy atom. The summed E-state index contributed by atoms with van der Waals surface area (Å²) in [7, 11) is 0. The third-order valence-corrected chi connectivity index (χ3v) is 4.77. The Kier molecular flexibility index (Phi) is 4.08. The summed E-state index contributed by atoms with van der Waals surface area (Å²) in [4.78, 5) is 24.1. The number of hydrogen-bond acceptors (Lipinski definition) is 2. The highest BCUT2D eigenvalue weighted by Gasteiger charge is 2.37. The van der Waals surface area contributed by atoms with Gasteiger partial charge in [0, 0.05) is 11.3 Å². The minimum atomic E-state index is -0.974. The molecule has 4 heteroatoms. The number of carbonyl (C=O) groups is 2. The molecule has 3 rings (SSSR count). The van der Waals surface area contributed by atoms with E-state index in [0.717, 1.165) is 23.8 Å². The van der Waals surface area contributed by atoms with E-state index in [1.54, 1.807) is 20.8 Å². The Bertz CT molecular complexity index is 804. The number of benzene rings is 2. The fourth-order valence-corrected chi connectivity index (χ4v) is 3.37. The van der Waals surface area contributed by atoms with Gasteiger partial charge in [-0.05, 0) is 34.7 Å². The van der Waals surface area contributed by atoms with Gasteiger partial charge >= 0.3 is 5.97 Å². The zero-order valence-corrected chi connectivity index (χ0v) is 14.3. The number of rotatable bonds is 3. The first-order chi connectivity index (χ1) is 11.3. The molecular weight excluding hydrogens is 302 g/mol. The van der Waals surface area contributed by atoms with E-state index in [4.69, 9.17) is 0 Å². The van der Waals surface area contributed by atoms with Gasteiger partial charge in [0.2, 0.25) is 5.91 Å². The molecule has 0 saturated carbocycles. The molecule has 24 heavy (non-hydrogen) atoms. The molecule has 0 bridgehead atoms. The lowest BCUT2D eigenvalue weighted by Gasteiger charge is -2.26.